The fourth-order valence-corrected chi connectivity index (χ4v) is 4.39. The minimum atomic E-state index is -0.788. The Hall–Kier alpha value is -0.260. The normalized spacial score (nSPS) is 36.6. The molecule has 0 bridgehead atoms. The molecule has 4 unspecified atom stereocenters. The van der Waals surface area contributed by atoms with Gasteiger partial charge in [-0.05, 0) is 25.5 Å². The van der Waals surface area contributed by atoms with Crippen molar-refractivity contribution >= 4 is 17.7 Å². The predicted molar refractivity (Wildman–Crippen MR) is 83.8 cm³/mol. The van der Waals surface area contributed by atoms with Crippen LogP contribution in [0.2, 0.25) is 0 Å². The molecule has 5 heteroatoms. The van der Waals surface area contributed by atoms with E-state index in [0.717, 1.165) is 31.0 Å². The van der Waals surface area contributed by atoms with E-state index in [9.17, 15) is 4.79 Å². The number of nitrogens with one attached hydrogen (secondary N) is 1. The number of nitrogens with two attached hydrogens (primary N) is 1. The molecule has 1 aliphatic heterocycles. The molecule has 1 heterocycles. The number of thioether (sulfide) groups is 1. The molecule has 2 fully saturated rings. The van der Waals surface area contributed by atoms with Crippen LogP contribution >= 0.6 is 11.8 Å². The molecule has 0 aromatic rings. The first-order chi connectivity index (χ1) is 9.35. The van der Waals surface area contributed by atoms with E-state index in [1.807, 2.05) is 18.7 Å². The summed E-state index contributed by atoms with van der Waals surface area (Å²) in [4.78, 5) is 12.7. The average molecular weight is 300 g/mol. The van der Waals surface area contributed by atoms with Gasteiger partial charge in [0.05, 0.1) is 6.10 Å². The van der Waals surface area contributed by atoms with Crippen molar-refractivity contribution in [3.8, 4) is 0 Å². The smallest absolute Gasteiger partial charge is 0.241 e. The van der Waals surface area contributed by atoms with Gasteiger partial charge in [0.25, 0.3) is 0 Å². The summed E-state index contributed by atoms with van der Waals surface area (Å²) in [6.45, 7) is 9.09. The molecular formula is C15H28N2O2S. The lowest BCUT2D eigenvalue weighted by Gasteiger charge is -2.65. The van der Waals surface area contributed by atoms with Crippen molar-refractivity contribution in [3.63, 3.8) is 0 Å². The summed E-state index contributed by atoms with van der Waals surface area (Å²) >= 11 is 1.84. The zero-order valence-electron chi connectivity index (χ0n) is 13.1. The van der Waals surface area contributed by atoms with Crippen molar-refractivity contribution in [3.05, 3.63) is 0 Å². The lowest BCUT2D eigenvalue weighted by Crippen LogP contribution is -2.82. The fraction of sp³-hybridized carbons (Fsp3) is 0.933. The Labute approximate surface area is 126 Å². The van der Waals surface area contributed by atoms with Gasteiger partial charge in [-0.3, -0.25) is 4.79 Å². The molecule has 2 aliphatic rings. The molecule has 1 amide bonds. The summed E-state index contributed by atoms with van der Waals surface area (Å²) in [6, 6.07) is 0.159. The van der Waals surface area contributed by atoms with E-state index in [1.165, 1.54) is 0 Å². The minimum absolute atomic E-state index is 0.00143. The van der Waals surface area contributed by atoms with E-state index < -0.39 is 5.54 Å². The van der Waals surface area contributed by atoms with Crippen LogP contribution in [0.25, 0.3) is 0 Å². The lowest BCUT2D eigenvalue weighted by molar-refractivity contribution is -0.225. The van der Waals surface area contributed by atoms with Gasteiger partial charge in [0, 0.05) is 29.7 Å². The third kappa shape index (κ3) is 2.38. The van der Waals surface area contributed by atoms with Gasteiger partial charge in [0.2, 0.25) is 5.91 Å². The number of rotatable bonds is 5. The van der Waals surface area contributed by atoms with E-state index >= 15 is 0 Å². The zero-order valence-corrected chi connectivity index (χ0v) is 13.9. The molecule has 0 aromatic heterocycles. The van der Waals surface area contributed by atoms with Crippen molar-refractivity contribution in [1.82, 2.24) is 5.32 Å². The third-order valence-electron chi connectivity index (χ3n) is 5.01. The van der Waals surface area contributed by atoms with Crippen molar-refractivity contribution < 1.29 is 9.53 Å². The molecule has 0 radical (unpaired) electrons. The second-order valence-corrected chi connectivity index (χ2v) is 7.98. The van der Waals surface area contributed by atoms with Crippen LogP contribution in [0.5, 0.6) is 0 Å². The maximum absolute atomic E-state index is 12.7. The van der Waals surface area contributed by atoms with Crippen molar-refractivity contribution in [2.45, 2.75) is 58.2 Å². The molecule has 1 aliphatic carbocycles. The van der Waals surface area contributed by atoms with Crippen LogP contribution < -0.4 is 11.1 Å². The maximum Gasteiger partial charge on any atom is 0.241 e. The predicted octanol–water partition coefficient (Wildman–Crippen LogP) is 1.78. The van der Waals surface area contributed by atoms with Crippen molar-refractivity contribution in [1.29, 1.82) is 0 Å². The highest BCUT2D eigenvalue weighted by Crippen LogP contribution is 2.57. The quantitative estimate of drug-likeness (QED) is 0.812. The highest BCUT2D eigenvalue weighted by atomic mass is 32.2. The summed E-state index contributed by atoms with van der Waals surface area (Å²) < 4.78 is 5.84. The molecule has 20 heavy (non-hydrogen) atoms. The van der Waals surface area contributed by atoms with Crippen molar-refractivity contribution in [2.75, 3.05) is 18.1 Å². The SMILES string of the molecule is CCSCC(C)NC(=O)C1(N)C2CCCOC2C1(C)C. The Morgan fingerprint density at radius 2 is 2.25 bits per heavy atom. The first kappa shape index (κ1) is 16.1. The average Bonchev–Trinajstić information content (AvgIpc) is 2.44. The summed E-state index contributed by atoms with van der Waals surface area (Å²) in [6.07, 6.45) is 2.13. The fourth-order valence-electron chi connectivity index (χ4n) is 3.72. The Kier molecular flexibility index (Phi) is 4.72. The molecular weight excluding hydrogens is 272 g/mol. The van der Waals surface area contributed by atoms with Gasteiger partial charge in [-0.2, -0.15) is 11.8 Å². The molecule has 4 atom stereocenters. The summed E-state index contributed by atoms with van der Waals surface area (Å²) in [5.74, 6) is 2.16. The summed E-state index contributed by atoms with van der Waals surface area (Å²) in [5.41, 5.74) is 5.48. The number of hydrogen-bond donors (Lipinski definition) is 2. The topological polar surface area (TPSA) is 64.4 Å². The molecule has 0 aromatic carbocycles. The number of carbonyl (C=O) groups excluding carboxylic acids is 1. The van der Waals surface area contributed by atoms with E-state index in [1.54, 1.807) is 0 Å². The Balaban J connectivity index is 2.03. The Bertz CT molecular complexity index is 375. The van der Waals surface area contributed by atoms with E-state index in [0.29, 0.717) is 0 Å². The van der Waals surface area contributed by atoms with E-state index in [4.69, 9.17) is 10.5 Å². The molecule has 116 valence electrons. The highest BCUT2D eigenvalue weighted by molar-refractivity contribution is 7.99. The van der Waals surface area contributed by atoms with Crippen LogP contribution in [0.3, 0.4) is 0 Å². The number of hydrogen-bond acceptors (Lipinski definition) is 4. The van der Waals surface area contributed by atoms with Crippen LogP contribution in [-0.2, 0) is 9.53 Å². The second-order valence-electron chi connectivity index (χ2n) is 6.66. The van der Waals surface area contributed by atoms with Gasteiger partial charge in [0.1, 0.15) is 5.54 Å². The number of carbonyl (C=O) groups is 1. The van der Waals surface area contributed by atoms with Gasteiger partial charge in [-0.15, -0.1) is 0 Å². The Morgan fingerprint density at radius 3 is 2.90 bits per heavy atom. The monoisotopic (exact) mass is 300 g/mol. The minimum Gasteiger partial charge on any atom is -0.377 e. The largest absolute Gasteiger partial charge is 0.377 e. The van der Waals surface area contributed by atoms with Crippen molar-refractivity contribution in [2.24, 2.45) is 17.1 Å². The Morgan fingerprint density at radius 1 is 1.55 bits per heavy atom. The molecule has 4 nitrogen and oxygen atoms in total. The first-order valence-corrected chi connectivity index (χ1v) is 8.80. The molecule has 1 saturated carbocycles. The molecule has 1 saturated heterocycles. The van der Waals surface area contributed by atoms with E-state index in [-0.39, 0.29) is 29.4 Å². The van der Waals surface area contributed by atoms with Gasteiger partial charge in [0.15, 0.2) is 0 Å². The number of fused-ring (bicyclic) bond motifs is 1. The number of amides is 1. The van der Waals surface area contributed by atoms with E-state index in [2.05, 4.69) is 26.1 Å². The standard InChI is InChI=1S/C15H28N2O2S/c1-5-20-9-10(2)17-13(18)15(16)11-7-6-8-19-12(11)14(15,3)4/h10-12H,5-9,16H2,1-4H3,(H,17,18). The third-order valence-corrected chi connectivity index (χ3v) is 6.15. The second kappa shape index (κ2) is 5.85. The molecule has 2 rings (SSSR count). The van der Waals surface area contributed by atoms with Gasteiger partial charge in [-0.1, -0.05) is 20.8 Å². The first-order valence-electron chi connectivity index (χ1n) is 7.64. The summed E-state index contributed by atoms with van der Waals surface area (Å²) in [7, 11) is 0. The summed E-state index contributed by atoms with van der Waals surface area (Å²) in [5, 5.41) is 3.11. The number of ether oxygens (including phenoxy) is 1. The lowest BCUT2D eigenvalue weighted by atomic mass is 9.46. The molecule has 3 N–H and O–H groups in total. The maximum atomic E-state index is 12.7. The van der Waals surface area contributed by atoms with Crippen LogP contribution in [0.15, 0.2) is 0 Å². The highest BCUT2D eigenvalue weighted by Gasteiger charge is 2.70. The van der Waals surface area contributed by atoms with Crippen LogP contribution in [-0.4, -0.2) is 41.7 Å². The van der Waals surface area contributed by atoms with Crippen LogP contribution in [0, 0.1) is 11.3 Å². The van der Waals surface area contributed by atoms with Gasteiger partial charge >= 0.3 is 0 Å². The zero-order chi connectivity index (χ0) is 15.0. The van der Waals surface area contributed by atoms with Gasteiger partial charge < -0.3 is 15.8 Å². The van der Waals surface area contributed by atoms with Crippen LogP contribution in [0.4, 0.5) is 0 Å². The molecule has 0 spiro atoms. The van der Waals surface area contributed by atoms with Crippen LogP contribution in [0.1, 0.15) is 40.5 Å². The van der Waals surface area contributed by atoms with Gasteiger partial charge in [-0.25, -0.2) is 0 Å².